The van der Waals surface area contributed by atoms with Gasteiger partial charge in [-0.15, -0.1) is 0 Å². The van der Waals surface area contributed by atoms with E-state index in [4.69, 9.17) is 15.2 Å². The van der Waals surface area contributed by atoms with Crippen LogP contribution in [0.4, 0.5) is 0 Å². The van der Waals surface area contributed by atoms with Crippen molar-refractivity contribution in [1.82, 2.24) is 0 Å². The molecule has 0 aliphatic rings. The second-order valence-corrected chi connectivity index (χ2v) is 5.11. The molecule has 0 fully saturated rings. The molecule has 8 heteroatoms. The van der Waals surface area contributed by atoms with E-state index in [1.807, 2.05) is 0 Å². The van der Waals surface area contributed by atoms with Crippen LogP contribution < -0.4 is 10.8 Å². The van der Waals surface area contributed by atoms with Crippen molar-refractivity contribution in [3.05, 3.63) is 71.8 Å². The van der Waals surface area contributed by atoms with E-state index >= 15 is 0 Å². The molecule has 8 nitrogen and oxygen atoms in total. The Morgan fingerprint density at radius 2 is 1.12 bits per heavy atom. The van der Waals surface area contributed by atoms with Gasteiger partial charge in [-0.05, 0) is 24.3 Å². The van der Waals surface area contributed by atoms with Crippen molar-refractivity contribution in [3.63, 3.8) is 0 Å². The molecule has 134 valence electrons. The lowest BCUT2D eigenvalue weighted by molar-refractivity contribution is -0.317. The maximum absolute atomic E-state index is 12.1. The van der Waals surface area contributed by atoms with Gasteiger partial charge in [-0.3, -0.25) is 4.79 Å². The van der Waals surface area contributed by atoms with Crippen LogP contribution in [0.5, 0.6) is 0 Å². The van der Waals surface area contributed by atoms with Gasteiger partial charge in [-0.1, -0.05) is 36.4 Å². The lowest BCUT2D eigenvalue weighted by Crippen LogP contribution is -2.53. The maximum Gasteiger partial charge on any atom is 0.339 e. The summed E-state index contributed by atoms with van der Waals surface area (Å²) >= 11 is 0. The minimum atomic E-state index is -2.20. The molecular formula is C18H14NO7-. The summed E-state index contributed by atoms with van der Waals surface area (Å²) in [5, 5.41) is 11.3. The number of hydrogen-bond acceptors (Lipinski definition) is 7. The average molecular weight is 356 g/mol. The van der Waals surface area contributed by atoms with Gasteiger partial charge in [-0.25, -0.2) is 9.59 Å². The maximum atomic E-state index is 12.1. The lowest BCUT2D eigenvalue weighted by Gasteiger charge is -2.25. The molecule has 1 amide bonds. The first kappa shape index (κ1) is 18.7. The normalized spacial score (nSPS) is 12.5. The Hall–Kier alpha value is -3.68. The highest BCUT2D eigenvalue weighted by Crippen LogP contribution is 2.12. The van der Waals surface area contributed by atoms with Gasteiger partial charge in [0.2, 0.25) is 6.10 Å². The van der Waals surface area contributed by atoms with E-state index in [0.717, 1.165) is 0 Å². The van der Waals surface area contributed by atoms with E-state index in [1.54, 1.807) is 24.3 Å². The fourth-order valence-corrected chi connectivity index (χ4v) is 2.02. The number of carboxylic acids is 1. The van der Waals surface area contributed by atoms with Gasteiger partial charge in [0.1, 0.15) is 0 Å². The fourth-order valence-electron chi connectivity index (χ4n) is 2.02. The minimum Gasteiger partial charge on any atom is -0.546 e. The molecule has 0 aliphatic carbocycles. The molecule has 2 rings (SSSR count). The van der Waals surface area contributed by atoms with Crippen molar-refractivity contribution in [2.75, 3.05) is 0 Å². The van der Waals surface area contributed by atoms with Gasteiger partial charge in [0, 0.05) is 0 Å². The number of carbonyl (C=O) groups is 4. The largest absolute Gasteiger partial charge is 0.546 e. The second kappa shape index (κ2) is 8.43. The number of amides is 1. The lowest BCUT2D eigenvalue weighted by atomic mass is 10.1. The molecule has 0 aliphatic heterocycles. The van der Waals surface area contributed by atoms with Crippen molar-refractivity contribution in [2.24, 2.45) is 5.73 Å². The van der Waals surface area contributed by atoms with Crippen LogP contribution in [0.1, 0.15) is 20.7 Å². The number of benzene rings is 2. The van der Waals surface area contributed by atoms with Crippen molar-refractivity contribution in [2.45, 2.75) is 12.2 Å². The summed E-state index contributed by atoms with van der Waals surface area (Å²) in [6.07, 6.45) is -4.26. The van der Waals surface area contributed by atoms with Crippen molar-refractivity contribution < 1.29 is 33.8 Å². The molecule has 2 aromatic carbocycles. The third-order valence-electron chi connectivity index (χ3n) is 3.27. The van der Waals surface area contributed by atoms with Crippen LogP contribution in [0.25, 0.3) is 0 Å². The summed E-state index contributed by atoms with van der Waals surface area (Å²) in [5.41, 5.74) is 5.22. The molecule has 2 N–H and O–H groups in total. The molecule has 0 bridgehead atoms. The van der Waals surface area contributed by atoms with E-state index in [0.29, 0.717) is 0 Å². The molecule has 0 unspecified atom stereocenters. The zero-order valence-corrected chi connectivity index (χ0v) is 13.4. The third kappa shape index (κ3) is 4.67. The standard InChI is InChI=1S/C18H15NO7/c19-15(20)13(25-17(23)11-7-3-1-4-8-11)14(16(21)22)26-18(24)12-9-5-2-6-10-12/h1-10,13-14H,(H2,19,20)(H,21,22)/p-1/t13-,14-/m1/s1. The number of primary amides is 1. The van der Waals surface area contributed by atoms with Gasteiger partial charge in [0.25, 0.3) is 5.91 Å². The molecule has 2 aromatic rings. The summed E-state index contributed by atoms with van der Waals surface area (Å²) in [5.74, 6) is -5.28. The average Bonchev–Trinajstić information content (AvgIpc) is 2.65. The third-order valence-corrected chi connectivity index (χ3v) is 3.27. The van der Waals surface area contributed by atoms with E-state index in [2.05, 4.69) is 0 Å². The molecule has 0 aromatic heterocycles. The van der Waals surface area contributed by atoms with Crippen LogP contribution in [-0.2, 0) is 19.1 Å². The number of carboxylic acid groups (broad SMARTS) is 1. The Balaban J connectivity index is 2.20. The summed E-state index contributed by atoms with van der Waals surface area (Å²) in [7, 11) is 0. The van der Waals surface area contributed by atoms with Crippen molar-refractivity contribution in [1.29, 1.82) is 0 Å². The quantitative estimate of drug-likeness (QED) is 0.671. The zero-order valence-electron chi connectivity index (χ0n) is 13.4. The van der Waals surface area contributed by atoms with Crippen molar-refractivity contribution >= 4 is 23.8 Å². The highest BCUT2D eigenvalue weighted by atomic mass is 16.6. The van der Waals surface area contributed by atoms with Crippen molar-refractivity contribution in [3.8, 4) is 0 Å². The number of ether oxygens (including phenoxy) is 2. The minimum absolute atomic E-state index is 0.0383. The topological polar surface area (TPSA) is 136 Å². The number of hydrogen-bond donors (Lipinski definition) is 1. The summed E-state index contributed by atoms with van der Waals surface area (Å²) in [6.45, 7) is 0. The Morgan fingerprint density at radius 1 is 0.731 bits per heavy atom. The fraction of sp³-hybridized carbons (Fsp3) is 0.111. The molecule has 26 heavy (non-hydrogen) atoms. The summed E-state index contributed by atoms with van der Waals surface area (Å²) in [6, 6.07) is 15.0. The van der Waals surface area contributed by atoms with Gasteiger partial charge in [0.15, 0.2) is 6.10 Å². The highest BCUT2D eigenvalue weighted by Gasteiger charge is 2.35. The van der Waals surface area contributed by atoms with Crippen LogP contribution in [-0.4, -0.2) is 36.0 Å². The Bertz CT molecular complexity index is 735. The number of nitrogens with two attached hydrogens (primary N) is 1. The zero-order chi connectivity index (χ0) is 19.1. The number of carbonyl (C=O) groups excluding carboxylic acids is 4. The first-order valence-corrected chi connectivity index (χ1v) is 7.42. The number of aliphatic carboxylic acids is 1. The van der Waals surface area contributed by atoms with Crippen LogP contribution in [0, 0.1) is 0 Å². The first-order valence-electron chi connectivity index (χ1n) is 7.42. The van der Waals surface area contributed by atoms with E-state index in [-0.39, 0.29) is 11.1 Å². The molecule has 2 atom stereocenters. The molecule has 0 spiro atoms. The van der Waals surface area contributed by atoms with Crippen LogP contribution >= 0.6 is 0 Å². The van der Waals surface area contributed by atoms with Crippen LogP contribution in [0.2, 0.25) is 0 Å². The Labute approximate surface area is 148 Å². The predicted octanol–water partition coefficient (Wildman–Crippen LogP) is -0.327. The summed E-state index contributed by atoms with van der Waals surface area (Å²) in [4.78, 5) is 47.0. The van der Waals surface area contributed by atoms with Gasteiger partial charge in [-0.2, -0.15) is 0 Å². The molecule has 0 radical (unpaired) electrons. The predicted molar refractivity (Wildman–Crippen MR) is 85.5 cm³/mol. The van der Waals surface area contributed by atoms with E-state index in [9.17, 15) is 24.3 Å². The highest BCUT2D eigenvalue weighted by molar-refractivity contribution is 5.96. The molecule has 0 saturated heterocycles. The number of rotatable bonds is 7. The smallest absolute Gasteiger partial charge is 0.339 e. The molecular weight excluding hydrogens is 342 g/mol. The SMILES string of the molecule is NC(=O)[C@H](OC(=O)c1ccccc1)[C@@H](OC(=O)c1ccccc1)C(=O)[O-]. The van der Waals surface area contributed by atoms with E-state index in [1.165, 1.54) is 36.4 Å². The number of esters is 2. The molecule has 0 saturated carbocycles. The van der Waals surface area contributed by atoms with Gasteiger partial charge >= 0.3 is 11.9 Å². The van der Waals surface area contributed by atoms with Gasteiger partial charge in [0.05, 0.1) is 17.1 Å². The summed E-state index contributed by atoms with van der Waals surface area (Å²) < 4.78 is 9.63. The Kier molecular flexibility index (Phi) is 6.05. The first-order chi connectivity index (χ1) is 12.4. The van der Waals surface area contributed by atoms with Gasteiger partial charge < -0.3 is 25.1 Å². The monoisotopic (exact) mass is 356 g/mol. The van der Waals surface area contributed by atoms with Crippen LogP contribution in [0.3, 0.4) is 0 Å². The van der Waals surface area contributed by atoms with Crippen LogP contribution in [0.15, 0.2) is 60.7 Å². The molecule has 0 heterocycles. The Morgan fingerprint density at radius 3 is 1.46 bits per heavy atom. The van der Waals surface area contributed by atoms with E-state index < -0.39 is 36.0 Å². The second-order valence-electron chi connectivity index (χ2n) is 5.11.